The average molecular weight is 488 g/mol. The Morgan fingerprint density at radius 1 is 1.09 bits per heavy atom. The Kier molecular flexibility index (Phi) is 6.02. The summed E-state index contributed by atoms with van der Waals surface area (Å²) in [4.78, 5) is 27.3. The summed E-state index contributed by atoms with van der Waals surface area (Å²) in [5, 5.41) is -0.139. The Morgan fingerprint density at radius 2 is 1.83 bits per heavy atom. The minimum absolute atomic E-state index is 0.00930. The lowest BCUT2D eigenvalue weighted by Gasteiger charge is -2.33. The highest BCUT2D eigenvalue weighted by Crippen LogP contribution is 2.36. The van der Waals surface area contributed by atoms with Crippen molar-refractivity contribution >= 4 is 22.6 Å². The number of ether oxygens (including phenoxy) is 3. The molecule has 7 nitrogen and oxygen atoms in total. The van der Waals surface area contributed by atoms with Gasteiger partial charge in [0.05, 0.1) is 43.3 Å². The standard InChI is InChI=1S/C25H23F3N2O5/c1-2-33-24(32)17-13-30(20-5-4-15(26)10-18(20)27)21-12-22(19(28)11-16(21)23(17)31)29-7-6-25(14-29)34-8-3-9-35-25/h4-5,10-13H,2-3,6-9,14H2,1H3. The smallest absolute Gasteiger partial charge is 0.343 e. The third-order valence-electron chi connectivity index (χ3n) is 6.29. The number of pyridine rings is 1. The minimum Gasteiger partial charge on any atom is -0.462 e. The maximum Gasteiger partial charge on any atom is 0.343 e. The predicted octanol–water partition coefficient (Wildman–Crippen LogP) is 3.93. The number of carbonyl (C=O) groups excluding carboxylic acids is 1. The monoisotopic (exact) mass is 488 g/mol. The van der Waals surface area contributed by atoms with Gasteiger partial charge >= 0.3 is 5.97 Å². The van der Waals surface area contributed by atoms with Gasteiger partial charge in [0.15, 0.2) is 5.79 Å². The molecule has 0 unspecified atom stereocenters. The summed E-state index contributed by atoms with van der Waals surface area (Å²) in [6.07, 6.45) is 2.45. The van der Waals surface area contributed by atoms with Gasteiger partial charge in [-0.3, -0.25) is 4.79 Å². The fourth-order valence-electron chi connectivity index (χ4n) is 4.62. The van der Waals surface area contributed by atoms with Gasteiger partial charge < -0.3 is 23.7 Å². The molecule has 2 saturated heterocycles. The van der Waals surface area contributed by atoms with E-state index < -0.39 is 34.6 Å². The zero-order valence-corrected chi connectivity index (χ0v) is 19.0. The molecule has 184 valence electrons. The molecule has 35 heavy (non-hydrogen) atoms. The van der Waals surface area contributed by atoms with Crippen LogP contribution < -0.4 is 10.3 Å². The van der Waals surface area contributed by atoms with E-state index in [1.54, 1.807) is 11.8 Å². The molecule has 0 atom stereocenters. The number of nitrogens with zero attached hydrogens (tertiary/aromatic N) is 2. The highest BCUT2D eigenvalue weighted by Gasteiger charge is 2.42. The van der Waals surface area contributed by atoms with Crippen LogP contribution in [0, 0.1) is 17.5 Å². The molecule has 0 bridgehead atoms. The zero-order valence-electron chi connectivity index (χ0n) is 19.0. The van der Waals surface area contributed by atoms with Crippen molar-refractivity contribution in [1.82, 2.24) is 4.57 Å². The number of rotatable bonds is 4. The molecular formula is C25H23F3N2O5. The van der Waals surface area contributed by atoms with E-state index >= 15 is 4.39 Å². The molecule has 5 rings (SSSR count). The summed E-state index contributed by atoms with van der Waals surface area (Å²) in [5.74, 6) is -4.14. The van der Waals surface area contributed by atoms with E-state index in [9.17, 15) is 18.4 Å². The first-order valence-electron chi connectivity index (χ1n) is 11.4. The van der Waals surface area contributed by atoms with E-state index in [0.29, 0.717) is 32.2 Å². The molecule has 0 aliphatic carbocycles. The second-order valence-corrected chi connectivity index (χ2v) is 8.51. The van der Waals surface area contributed by atoms with Crippen LogP contribution in [-0.2, 0) is 14.2 Å². The molecule has 0 saturated carbocycles. The molecule has 1 spiro atoms. The van der Waals surface area contributed by atoms with Crippen LogP contribution in [0.4, 0.5) is 18.9 Å². The van der Waals surface area contributed by atoms with Crippen LogP contribution in [0.1, 0.15) is 30.1 Å². The number of fused-ring (bicyclic) bond motifs is 1. The van der Waals surface area contributed by atoms with E-state index in [1.807, 2.05) is 0 Å². The Bertz CT molecular complexity index is 1370. The van der Waals surface area contributed by atoms with Crippen LogP contribution >= 0.6 is 0 Å². The van der Waals surface area contributed by atoms with Gasteiger partial charge in [-0.05, 0) is 37.6 Å². The Hall–Kier alpha value is -3.37. The molecule has 3 aromatic rings. The first kappa shape index (κ1) is 23.4. The van der Waals surface area contributed by atoms with Gasteiger partial charge in [-0.25, -0.2) is 18.0 Å². The topological polar surface area (TPSA) is 70.0 Å². The van der Waals surface area contributed by atoms with Crippen molar-refractivity contribution in [3.8, 4) is 5.69 Å². The van der Waals surface area contributed by atoms with Crippen molar-refractivity contribution in [2.75, 3.05) is 37.8 Å². The molecule has 0 radical (unpaired) electrons. The molecule has 3 heterocycles. The van der Waals surface area contributed by atoms with Gasteiger partial charge in [-0.2, -0.15) is 0 Å². The van der Waals surface area contributed by atoms with Gasteiger partial charge in [0.2, 0.25) is 5.43 Å². The van der Waals surface area contributed by atoms with Gasteiger partial charge in [-0.1, -0.05) is 0 Å². The van der Waals surface area contributed by atoms with Crippen molar-refractivity contribution in [1.29, 1.82) is 0 Å². The highest BCUT2D eigenvalue weighted by atomic mass is 19.1. The summed E-state index contributed by atoms with van der Waals surface area (Å²) in [5.41, 5.74) is -0.932. The fourth-order valence-corrected chi connectivity index (χ4v) is 4.62. The van der Waals surface area contributed by atoms with Gasteiger partial charge in [-0.15, -0.1) is 0 Å². The molecule has 0 amide bonds. The van der Waals surface area contributed by atoms with Crippen LogP contribution in [0.3, 0.4) is 0 Å². The molecule has 10 heteroatoms. The molecule has 2 aromatic carbocycles. The highest BCUT2D eigenvalue weighted by molar-refractivity contribution is 5.95. The first-order valence-corrected chi connectivity index (χ1v) is 11.4. The third kappa shape index (κ3) is 4.17. The molecule has 2 aliphatic heterocycles. The minimum atomic E-state index is -0.923. The summed E-state index contributed by atoms with van der Waals surface area (Å²) in [6, 6.07) is 5.38. The van der Waals surface area contributed by atoms with Gasteiger partial charge in [0.25, 0.3) is 0 Å². The lowest BCUT2D eigenvalue weighted by atomic mass is 10.1. The number of esters is 1. The van der Waals surface area contributed by atoms with E-state index in [0.717, 1.165) is 24.8 Å². The number of carbonyl (C=O) groups is 1. The van der Waals surface area contributed by atoms with Crippen molar-refractivity contribution in [2.24, 2.45) is 0 Å². The second kappa shape index (κ2) is 9.01. The predicted molar refractivity (Wildman–Crippen MR) is 121 cm³/mol. The van der Waals surface area contributed by atoms with Crippen LogP contribution in [-0.4, -0.2) is 49.2 Å². The fraction of sp³-hybridized carbons (Fsp3) is 0.360. The normalized spacial score (nSPS) is 17.3. The van der Waals surface area contributed by atoms with Crippen molar-refractivity contribution < 1.29 is 32.2 Å². The number of aromatic nitrogens is 1. The third-order valence-corrected chi connectivity index (χ3v) is 6.29. The van der Waals surface area contributed by atoms with E-state index in [4.69, 9.17) is 14.2 Å². The zero-order chi connectivity index (χ0) is 24.7. The van der Waals surface area contributed by atoms with E-state index in [1.165, 1.54) is 16.7 Å². The quantitative estimate of drug-likeness (QED) is 0.519. The van der Waals surface area contributed by atoms with E-state index in [2.05, 4.69) is 0 Å². The largest absolute Gasteiger partial charge is 0.462 e. The summed E-state index contributed by atoms with van der Waals surface area (Å²) >= 11 is 0. The lowest BCUT2D eigenvalue weighted by Crippen LogP contribution is -2.43. The maximum atomic E-state index is 15.3. The van der Waals surface area contributed by atoms with Crippen molar-refractivity contribution in [2.45, 2.75) is 25.6 Å². The van der Waals surface area contributed by atoms with E-state index in [-0.39, 0.29) is 41.0 Å². The molecule has 2 fully saturated rings. The average Bonchev–Trinajstić information content (AvgIpc) is 3.23. The molecule has 2 aliphatic rings. The number of anilines is 1. The second-order valence-electron chi connectivity index (χ2n) is 8.51. The van der Waals surface area contributed by atoms with Crippen LogP contribution in [0.5, 0.6) is 0 Å². The van der Waals surface area contributed by atoms with Gasteiger partial charge in [0.1, 0.15) is 23.0 Å². The van der Waals surface area contributed by atoms with Crippen LogP contribution in [0.25, 0.3) is 16.6 Å². The summed E-state index contributed by atoms with van der Waals surface area (Å²) < 4.78 is 61.6. The summed E-state index contributed by atoms with van der Waals surface area (Å²) in [6.45, 7) is 3.41. The Labute approximate surface area is 198 Å². The number of halogens is 3. The summed E-state index contributed by atoms with van der Waals surface area (Å²) in [7, 11) is 0. The van der Waals surface area contributed by atoms with Crippen LogP contribution in [0.15, 0.2) is 41.3 Å². The lowest BCUT2D eigenvalue weighted by molar-refractivity contribution is -0.252. The first-order chi connectivity index (χ1) is 16.8. The molecule has 0 N–H and O–H groups in total. The molecular weight excluding hydrogens is 465 g/mol. The number of hydrogen-bond donors (Lipinski definition) is 0. The van der Waals surface area contributed by atoms with Crippen molar-refractivity contribution in [3.63, 3.8) is 0 Å². The van der Waals surface area contributed by atoms with Crippen LogP contribution in [0.2, 0.25) is 0 Å². The van der Waals surface area contributed by atoms with Gasteiger partial charge in [0, 0.05) is 30.6 Å². The SMILES string of the molecule is CCOC(=O)c1cn(-c2ccc(F)cc2F)c2cc(N3CCC4(C3)OCCCO4)c(F)cc2c1=O. The maximum absolute atomic E-state index is 15.3. The number of benzene rings is 2. The Balaban J connectivity index is 1.69. The molecule has 1 aromatic heterocycles. The number of hydrogen-bond acceptors (Lipinski definition) is 6. The Morgan fingerprint density at radius 3 is 2.54 bits per heavy atom. The van der Waals surface area contributed by atoms with Crippen molar-refractivity contribution in [3.05, 3.63) is 69.8 Å².